The van der Waals surface area contributed by atoms with E-state index >= 15 is 0 Å². The maximum atomic E-state index is 9.09. The van der Waals surface area contributed by atoms with Crippen LogP contribution < -0.4 is 10.6 Å². The maximum Gasteiger partial charge on any atom is 0.227 e. The Labute approximate surface area is 100 Å². The molecule has 90 valence electrons. The molecule has 1 aliphatic rings. The summed E-state index contributed by atoms with van der Waals surface area (Å²) in [5.41, 5.74) is 5.62. The highest BCUT2D eigenvalue weighted by Crippen LogP contribution is 2.22. The molecule has 1 aliphatic heterocycles. The first-order chi connectivity index (χ1) is 8.24. The minimum atomic E-state index is -0.154. The van der Waals surface area contributed by atoms with E-state index in [2.05, 4.69) is 16.0 Å². The van der Waals surface area contributed by atoms with E-state index in [4.69, 9.17) is 15.7 Å². The summed E-state index contributed by atoms with van der Waals surface area (Å²) in [7, 11) is 1.64. The van der Waals surface area contributed by atoms with Gasteiger partial charge in [0.1, 0.15) is 5.82 Å². The third-order valence-electron chi connectivity index (χ3n) is 2.97. The lowest BCUT2D eigenvalue weighted by atomic mass is 9.96. The van der Waals surface area contributed by atoms with Crippen molar-refractivity contribution >= 4 is 11.8 Å². The molecule has 2 atom stereocenters. The Morgan fingerprint density at radius 1 is 1.65 bits per heavy atom. The summed E-state index contributed by atoms with van der Waals surface area (Å²) >= 11 is 0. The number of nitrogens with zero attached hydrogens (tertiary/aromatic N) is 4. The molecule has 0 aliphatic carbocycles. The summed E-state index contributed by atoms with van der Waals surface area (Å²) in [6, 6.07) is 3.91. The van der Waals surface area contributed by atoms with Crippen molar-refractivity contribution in [2.45, 2.75) is 12.5 Å². The fourth-order valence-corrected chi connectivity index (χ4v) is 2.03. The Kier molecular flexibility index (Phi) is 3.40. The molecule has 1 aromatic heterocycles. The Morgan fingerprint density at radius 2 is 2.47 bits per heavy atom. The molecule has 0 radical (unpaired) electrons. The van der Waals surface area contributed by atoms with Crippen molar-refractivity contribution in [1.82, 2.24) is 9.97 Å². The molecular weight excluding hydrogens is 218 g/mol. The van der Waals surface area contributed by atoms with Crippen molar-refractivity contribution in [3.05, 3.63) is 12.3 Å². The quantitative estimate of drug-likeness (QED) is 0.796. The number of nitriles is 1. The number of rotatable bonds is 2. The highest BCUT2D eigenvalue weighted by molar-refractivity contribution is 5.38. The van der Waals surface area contributed by atoms with Crippen LogP contribution in [0.4, 0.5) is 11.8 Å². The average molecular weight is 233 g/mol. The second-order valence-corrected chi connectivity index (χ2v) is 4.03. The van der Waals surface area contributed by atoms with Crippen molar-refractivity contribution in [3.8, 4) is 6.07 Å². The van der Waals surface area contributed by atoms with E-state index in [0.717, 1.165) is 13.0 Å². The van der Waals surface area contributed by atoms with Gasteiger partial charge in [-0.3, -0.25) is 0 Å². The topological polar surface area (TPSA) is 88.1 Å². The number of ether oxygens (including phenoxy) is 1. The number of hydrogen-bond acceptors (Lipinski definition) is 6. The zero-order valence-electron chi connectivity index (χ0n) is 9.71. The van der Waals surface area contributed by atoms with Crippen molar-refractivity contribution in [2.24, 2.45) is 5.92 Å². The normalized spacial score (nSPS) is 24.4. The molecule has 0 saturated carbocycles. The van der Waals surface area contributed by atoms with Crippen molar-refractivity contribution in [2.75, 3.05) is 30.8 Å². The van der Waals surface area contributed by atoms with Crippen LogP contribution >= 0.6 is 0 Å². The number of piperidine rings is 1. The van der Waals surface area contributed by atoms with Gasteiger partial charge in [0.15, 0.2) is 0 Å². The summed E-state index contributed by atoms with van der Waals surface area (Å²) in [5.74, 6) is 0.871. The Morgan fingerprint density at radius 3 is 3.12 bits per heavy atom. The molecule has 17 heavy (non-hydrogen) atoms. The molecule has 1 fully saturated rings. The molecule has 2 heterocycles. The second kappa shape index (κ2) is 4.97. The van der Waals surface area contributed by atoms with Crippen LogP contribution in [0.15, 0.2) is 12.3 Å². The summed E-state index contributed by atoms with van der Waals surface area (Å²) in [4.78, 5) is 10.3. The van der Waals surface area contributed by atoms with Crippen LogP contribution in [0.1, 0.15) is 6.42 Å². The van der Waals surface area contributed by atoms with Crippen molar-refractivity contribution in [1.29, 1.82) is 5.26 Å². The first-order valence-corrected chi connectivity index (χ1v) is 5.50. The van der Waals surface area contributed by atoms with Gasteiger partial charge < -0.3 is 15.4 Å². The smallest absolute Gasteiger partial charge is 0.227 e. The van der Waals surface area contributed by atoms with Gasteiger partial charge in [-0.2, -0.15) is 10.2 Å². The van der Waals surface area contributed by atoms with Crippen LogP contribution in [0.2, 0.25) is 0 Å². The summed E-state index contributed by atoms with van der Waals surface area (Å²) in [5, 5.41) is 9.09. The Balaban J connectivity index is 2.12. The molecule has 0 amide bonds. The van der Waals surface area contributed by atoms with Gasteiger partial charge >= 0.3 is 0 Å². The van der Waals surface area contributed by atoms with Crippen LogP contribution in [0, 0.1) is 17.2 Å². The number of nitrogen functional groups attached to an aromatic ring is 1. The molecule has 2 N–H and O–H groups in total. The molecule has 1 saturated heterocycles. The van der Waals surface area contributed by atoms with E-state index in [1.807, 2.05) is 4.90 Å². The molecule has 2 rings (SSSR count). The van der Waals surface area contributed by atoms with Crippen LogP contribution in [-0.2, 0) is 4.74 Å². The Hall–Kier alpha value is -1.87. The monoisotopic (exact) mass is 233 g/mol. The summed E-state index contributed by atoms with van der Waals surface area (Å²) in [6.45, 7) is 1.36. The molecule has 2 unspecified atom stereocenters. The van der Waals surface area contributed by atoms with Crippen LogP contribution in [-0.4, -0.2) is 36.3 Å². The SMILES string of the molecule is COC1CCN(c2nccc(N)n2)CC1C#N. The van der Waals surface area contributed by atoms with Crippen molar-refractivity contribution in [3.63, 3.8) is 0 Å². The standard InChI is InChI=1S/C11H15N5O/c1-17-9-3-5-16(7-8(9)6-12)11-14-4-2-10(13)15-11/h2,4,8-9H,3,5,7H2,1H3,(H2,13,14,15). The minimum absolute atomic E-state index is 0.00249. The third-order valence-corrected chi connectivity index (χ3v) is 2.97. The van der Waals surface area contributed by atoms with Gasteiger partial charge in [0, 0.05) is 26.4 Å². The fourth-order valence-electron chi connectivity index (χ4n) is 2.03. The lowest BCUT2D eigenvalue weighted by molar-refractivity contribution is 0.0566. The van der Waals surface area contributed by atoms with Gasteiger partial charge in [-0.25, -0.2) is 4.98 Å². The molecule has 6 heteroatoms. The molecular formula is C11H15N5O. The van der Waals surface area contributed by atoms with E-state index in [-0.39, 0.29) is 12.0 Å². The van der Waals surface area contributed by atoms with E-state index in [1.54, 1.807) is 19.4 Å². The average Bonchev–Trinajstić information content (AvgIpc) is 2.38. The van der Waals surface area contributed by atoms with Gasteiger partial charge in [0.05, 0.1) is 18.1 Å². The number of aromatic nitrogens is 2. The van der Waals surface area contributed by atoms with Crippen molar-refractivity contribution < 1.29 is 4.74 Å². The first kappa shape index (κ1) is 11.6. The lowest BCUT2D eigenvalue weighted by Gasteiger charge is -2.34. The largest absolute Gasteiger partial charge is 0.384 e. The predicted octanol–water partition coefficient (Wildman–Crippen LogP) is 0.424. The van der Waals surface area contributed by atoms with Crippen LogP contribution in [0.25, 0.3) is 0 Å². The zero-order chi connectivity index (χ0) is 12.3. The maximum absolute atomic E-state index is 9.09. The van der Waals surface area contributed by atoms with E-state index in [0.29, 0.717) is 18.3 Å². The highest BCUT2D eigenvalue weighted by Gasteiger charge is 2.30. The predicted molar refractivity (Wildman–Crippen MR) is 63.2 cm³/mol. The molecule has 0 spiro atoms. The molecule has 0 bridgehead atoms. The van der Waals surface area contributed by atoms with Gasteiger partial charge in [-0.1, -0.05) is 0 Å². The number of methoxy groups -OCH3 is 1. The lowest BCUT2D eigenvalue weighted by Crippen LogP contribution is -2.44. The summed E-state index contributed by atoms with van der Waals surface area (Å²) in [6.07, 6.45) is 2.42. The Bertz CT molecular complexity index is 430. The third kappa shape index (κ3) is 2.45. The van der Waals surface area contributed by atoms with Crippen LogP contribution in [0.5, 0.6) is 0 Å². The molecule has 1 aromatic rings. The van der Waals surface area contributed by atoms with E-state index < -0.39 is 0 Å². The molecule has 6 nitrogen and oxygen atoms in total. The van der Waals surface area contributed by atoms with Gasteiger partial charge in [-0.05, 0) is 12.5 Å². The van der Waals surface area contributed by atoms with Gasteiger partial charge in [0.2, 0.25) is 5.95 Å². The van der Waals surface area contributed by atoms with Gasteiger partial charge in [-0.15, -0.1) is 0 Å². The summed E-state index contributed by atoms with van der Waals surface area (Å²) < 4.78 is 5.29. The van der Waals surface area contributed by atoms with E-state index in [1.165, 1.54) is 0 Å². The fraction of sp³-hybridized carbons (Fsp3) is 0.545. The zero-order valence-corrected chi connectivity index (χ0v) is 9.71. The minimum Gasteiger partial charge on any atom is -0.384 e. The first-order valence-electron chi connectivity index (χ1n) is 5.50. The van der Waals surface area contributed by atoms with E-state index in [9.17, 15) is 0 Å². The number of hydrogen-bond donors (Lipinski definition) is 1. The van der Waals surface area contributed by atoms with Gasteiger partial charge in [0.25, 0.3) is 0 Å². The van der Waals surface area contributed by atoms with Crippen LogP contribution in [0.3, 0.4) is 0 Å². The second-order valence-electron chi connectivity index (χ2n) is 4.03. The number of nitrogens with two attached hydrogens (primary N) is 1. The number of anilines is 2. The molecule has 0 aromatic carbocycles. The highest BCUT2D eigenvalue weighted by atomic mass is 16.5.